The van der Waals surface area contributed by atoms with Crippen molar-refractivity contribution in [1.29, 1.82) is 0 Å². The second-order valence-electron chi connectivity index (χ2n) is 9.76. The number of rotatable bonds is 5. The van der Waals surface area contributed by atoms with Gasteiger partial charge in [-0.25, -0.2) is 0 Å². The summed E-state index contributed by atoms with van der Waals surface area (Å²) in [6.45, 7) is 13.9. The number of aryl methyl sites for hydroxylation is 1. The largest absolute Gasteiger partial charge is 0.491 e. The van der Waals surface area contributed by atoms with E-state index in [0.29, 0.717) is 23.7 Å². The lowest BCUT2D eigenvalue weighted by atomic mass is 9.98. The van der Waals surface area contributed by atoms with Gasteiger partial charge < -0.3 is 20.7 Å². The molecule has 1 aliphatic heterocycles. The fourth-order valence-corrected chi connectivity index (χ4v) is 3.85. The van der Waals surface area contributed by atoms with Crippen LogP contribution < -0.4 is 20.7 Å². The molecule has 1 aliphatic rings. The van der Waals surface area contributed by atoms with Crippen molar-refractivity contribution in [2.24, 2.45) is 17.8 Å². The van der Waals surface area contributed by atoms with Crippen molar-refractivity contribution in [2.75, 3.05) is 6.61 Å². The molecule has 0 spiro atoms. The number of amides is 3. The standard InChI is InChI=1S/C25H39N3O4/c1-8-17-9-10-20-19(12-17)23(29)27-22(16(6)7)25(31)28-21(15(4)5)24(30)26-18(13-32-20)11-14(2)3/h9-10,12,14-16,18,21-22H,8,11,13H2,1-7H3,(H,26,30)(H,27,29)(H,28,31). The van der Waals surface area contributed by atoms with Crippen molar-refractivity contribution in [3.63, 3.8) is 0 Å². The summed E-state index contributed by atoms with van der Waals surface area (Å²) in [6, 6.07) is 3.81. The van der Waals surface area contributed by atoms with E-state index in [1.54, 1.807) is 6.07 Å². The zero-order valence-electron chi connectivity index (χ0n) is 20.5. The van der Waals surface area contributed by atoms with Crippen LogP contribution in [-0.2, 0) is 16.0 Å². The molecule has 3 N–H and O–H groups in total. The van der Waals surface area contributed by atoms with Crippen molar-refractivity contribution < 1.29 is 19.1 Å². The van der Waals surface area contributed by atoms with E-state index < -0.39 is 12.1 Å². The third-order valence-corrected chi connectivity index (χ3v) is 5.72. The van der Waals surface area contributed by atoms with E-state index >= 15 is 0 Å². The van der Waals surface area contributed by atoms with Gasteiger partial charge in [0.05, 0.1) is 11.6 Å². The summed E-state index contributed by atoms with van der Waals surface area (Å²) in [6.07, 6.45) is 1.49. The Morgan fingerprint density at radius 3 is 2.06 bits per heavy atom. The minimum absolute atomic E-state index is 0.113. The van der Waals surface area contributed by atoms with E-state index in [1.807, 2.05) is 46.8 Å². The van der Waals surface area contributed by atoms with Gasteiger partial charge in [-0.2, -0.15) is 0 Å². The molecule has 0 saturated carbocycles. The van der Waals surface area contributed by atoms with Gasteiger partial charge in [-0.3, -0.25) is 14.4 Å². The zero-order chi connectivity index (χ0) is 24.0. The summed E-state index contributed by atoms with van der Waals surface area (Å²) >= 11 is 0. The minimum atomic E-state index is -0.776. The first-order valence-electron chi connectivity index (χ1n) is 11.7. The molecule has 7 heteroatoms. The highest BCUT2D eigenvalue weighted by atomic mass is 16.5. The lowest BCUT2D eigenvalue weighted by Gasteiger charge is -2.28. The van der Waals surface area contributed by atoms with Crippen LogP contribution >= 0.6 is 0 Å². The van der Waals surface area contributed by atoms with Crippen molar-refractivity contribution in [3.8, 4) is 5.75 Å². The molecular weight excluding hydrogens is 406 g/mol. The smallest absolute Gasteiger partial charge is 0.255 e. The van der Waals surface area contributed by atoms with E-state index in [-0.39, 0.29) is 42.2 Å². The quantitative estimate of drug-likeness (QED) is 0.649. The summed E-state index contributed by atoms with van der Waals surface area (Å²) in [5.41, 5.74) is 1.40. The highest BCUT2D eigenvalue weighted by Crippen LogP contribution is 2.23. The fourth-order valence-electron chi connectivity index (χ4n) is 3.85. The molecule has 3 atom stereocenters. The first kappa shape index (κ1) is 25.7. The average molecular weight is 446 g/mol. The van der Waals surface area contributed by atoms with E-state index in [4.69, 9.17) is 4.74 Å². The minimum Gasteiger partial charge on any atom is -0.491 e. The van der Waals surface area contributed by atoms with Crippen LogP contribution in [0.5, 0.6) is 5.75 Å². The summed E-state index contributed by atoms with van der Waals surface area (Å²) < 4.78 is 6.07. The highest BCUT2D eigenvalue weighted by molar-refractivity contribution is 6.00. The van der Waals surface area contributed by atoms with E-state index in [9.17, 15) is 14.4 Å². The van der Waals surface area contributed by atoms with Gasteiger partial charge in [0.2, 0.25) is 11.8 Å². The molecule has 3 amide bonds. The first-order valence-corrected chi connectivity index (χ1v) is 11.7. The number of fused-ring (bicyclic) bond motifs is 1. The van der Waals surface area contributed by atoms with Gasteiger partial charge in [0.25, 0.3) is 5.91 Å². The molecule has 0 bridgehead atoms. The Kier molecular flexibility index (Phi) is 9.10. The first-order chi connectivity index (χ1) is 15.0. The van der Waals surface area contributed by atoms with Crippen LogP contribution in [0.3, 0.4) is 0 Å². The molecule has 0 aromatic heterocycles. The van der Waals surface area contributed by atoms with Crippen LogP contribution in [0.1, 0.15) is 70.8 Å². The summed E-state index contributed by atoms with van der Waals surface area (Å²) in [5, 5.41) is 8.80. The van der Waals surface area contributed by atoms with Crippen LogP contribution in [-0.4, -0.2) is 42.5 Å². The molecule has 1 aromatic rings. The van der Waals surface area contributed by atoms with Gasteiger partial charge in [-0.15, -0.1) is 0 Å². The molecule has 1 heterocycles. The second-order valence-corrected chi connectivity index (χ2v) is 9.76. The Morgan fingerprint density at radius 1 is 0.906 bits per heavy atom. The number of carbonyl (C=O) groups is 3. The van der Waals surface area contributed by atoms with Crippen LogP contribution in [0.25, 0.3) is 0 Å². The van der Waals surface area contributed by atoms with Gasteiger partial charge in [0.1, 0.15) is 24.4 Å². The zero-order valence-corrected chi connectivity index (χ0v) is 20.5. The Bertz CT molecular complexity index is 819. The third kappa shape index (κ3) is 6.71. The number of hydrogen-bond donors (Lipinski definition) is 3. The topological polar surface area (TPSA) is 96.5 Å². The number of ether oxygens (including phenoxy) is 1. The molecular formula is C25H39N3O4. The Morgan fingerprint density at radius 2 is 1.50 bits per heavy atom. The van der Waals surface area contributed by atoms with Gasteiger partial charge in [0, 0.05) is 0 Å². The molecule has 32 heavy (non-hydrogen) atoms. The molecule has 7 nitrogen and oxygen atoms in total. The van der Waals surface area contributed by atoms with Gasteiger partial charge >= 0.3 is 0 Å². The third-order valence-electron chi connectivity index (χ3n) is 5.72. The molecule has 2 rings (SSSR count). The molecule has 3 unspecified atom stereocenters. The van der Waals surface area contributed by atoms with E-state index in [0.717, 1.165) is 12.0 Å². The molecule has 0 aliphatic carbocycles. The van der Waals surface area contributed by atoms with Crippen molar-refractivity contribution in [3.05, 3.63) is 29.3 Å². The molecule has 1 aromatic carbocycles. The Balaban J connectivity index is 2.50. The SMILES string of the molecule is CCc1ccc2c(c1)C(=O)NC(C(C)C)C(=O)NC(C(C)C)C(=O)NC(CC(C)C)CO2. The predicted molar refractivity (Wildman–Crippen MR) is 126 cm³/mol. The molecule has 0 fully saturated rings. The predicted octanol–water partition coefficient (Wildman–Crippen LogP) is 3.07. The van der Waals surface area contributed by atoms with Gasteiger partial charge in [0.15, 0.2) is 0 Å². The number of benzene rings is 1. The van der Waals surface area contributed by atoms with Crippen LogP contribution in [0.15, 0.2) is 18.2 Å². The Hall–Kier alpha value is -2.57. The fraction of sp³-hybridized carbons (Fsp3) is 0.640. The van der Waals surface area contributed by atoms with E-state index in [1.165, 1.54) is 0 Å². The number of nitrogens with one attached hydrogen (secondary N) is 3. The monoisotopic (exact) mass is 445 g/mol. The maximum absolute atomic E-state index is 13.2. The van der Waals surface area contributed by atoms with Crippen LogP contribution in [0.2, 0.25) is 0 Å². The lowest BCUT2D eigenvalue weighted by molar-refractivity contribution is -0.132. The summed E-state index contributed by atoms with van der Waals surface area (Å²) in [5.74, 6) is -0.449. The second kappa shape index (κ2) is 11.3. The van der Waals surface area contributed by atoms with Crippen LogP contribution in [0.4, 0.5) is 0 Å². The maximum Gasteiger partial charge on any atom is 0.255 e. The van der Waals surface area contributed by atoms with Crippen molar-refractivity contribution in [2.45, 2.75) is 79.4 Å². The van der Waals surface area contributed by atoms with Gasteiger partial charge in [-0.05, 0) is 48.3 Å². The normalized spacial score (nSPS) is 22.8. The van der Waals surface area contributed by atoms with Crippen molar-refractivity contribution in [1.82, 2.24) is 16.0 Å². The highest BCUT2D eigenvalue weighted by Gasteiger charge is 2.32. The Labute approximate surface area is 192 Å². The average Bonchev–Trinajstić information content (AvgIpc) is 2.72. The molecule has 0 saturated heterocycles. The van der Waals surface area contributed by atoms with Crippen LogP contribution in [0, 0.1) is 17.8 Å². The van der Waals surface area contributed by atoms with Crippen molar-refractivity contribution >= 4 is 17.7 Å². The molecule has 0 radical (unpaired) electrons. The van der Waals surface area contributed by atoms with E-state index in [2.05, 4.69) is 29.8 Å². The maximum atomic E-state index is 13.2. The lowest BCUT2D eigenvalue weighted by Crippen LogP contribution is -2.58. The number of carbonyl (C=O) groups excluding carboxylic acids is 3. The number of hydrogen-bond acceptors (Lipinski definition) is 4. The molecule has 178 valence electrons. The summed E-state index contributed by atoms with van der Waals surface area (Å²) in [4.78, 5) is 39.4. The van der Waals surface area contributed by atoms with Gasteiger partial charge in [-0.1, -0.05) is 54.5 Å². The summed E-state index contributed by atoms with van der Waals surface area (Å²) in [7, 11) is 0.